The molecule has 0 aliphatic carbocycles. The van der Waals surface area contributed by atoms with Crippen LogP contribution in [-0.4, -0.2) is 52.4 Å². The Balaban J connectivity index is 1.91. The molecule has 1 aromatic rings. The molecule has 8 heteroatoms. The molecule has 2 rings (SSSR count). The quantitative estimate of drug-likeness (QED) is 0.779. The smallest absolute Gasteiger partial charge is 0.324 e. The second kappa shape index (κ2) is 6.59. The average Bonchev–Trinajstić information content (AvgIpc) is 2.98. The van der Waals surface area contributed by atoms with Gasteiger partial charge in [-0.1, -0.05) is 12.1 Å². The fraction of sp³-hybridized carbons (Fsp3) is 0.571. The minimum atomic E-state index is -0.787. The molecule has 8 nitrogen and oxygen atoms in total. The van der Waals surface area contributed by atoms with Crippen LogP contribution in [0.15, 0.2) is 10.6 Å². The van der Waals surface area contributed by atoms with Crippen LogP contribution in [0, 0.1) is 6.92 Å². The van der Waals surface area contributed by atoms with Crippen LogP contribution in [0.4, 0.5) is 4.79 Å². The van der Waals surface area contributed by atoms with E-state index in [2.05, 4.69) is 10.5 Å². The van der Waals surface area contributed by atoms with Crippen molar-refractivity contribution in [1.82, 2.24) is 20.3 Å². The van der Waals surface area contributed by atoms with E-state index < -0.39 is 12.1 Å². The largest absolute Gasteiger partial charge is 0.359 e. The first-order valence-electron chi connectivity index (χ1n) is 7.20. The summed E-state index contributed by atoms with van der Waals surface area (Å²) in [6.07, 6.45) is 0.624. The van der Waals surface area contributed by atoms with Crippen molar-refractivity contribution >= 4 is 17.8 Å². The van der Waals surface area contributed by atoms with Crippen LogP contribution in [0.1, 0.15) is 31.2 Å². The van der Waals surface area contributed by atoms with E-state index >= 15 is 0 Å². The Morgan fingerprint density at radius 2 is 2.23 bits per heavy atom. The predicted octanol–water partition coefficient (Wildman–Crippen LogP) is 0.662. The number of hydrogen-bond donors (Lipinski definition) is 1. The summed E-state index contributed by atoms with van der Waals surface area (Å²) in [6.45, 7) is 4.31. The number of carbonyl (C=O) groups is 3. The van der Waals surface area contributed by atoms with E-state index in [-0.39, 0.29) is 24.8 Å². The van der Waals surface area contributed by atoms with Crippen molar-refractivity contribution in [1.29, 1.82) is 0 Å². The summed E-state index contributed by atoms with van der Waals surface area (Å²) in [4.78, 5) is 38.5. The highest BCUT2D eigenvalue weighted by Crippen LogP contribution is 2.12. The van der Waals surface area contributed by atoms with Gasteiger partial charge >= 0.3 is 6.03 Å². The molecule has 1 fully saturated rings. The molecule has 1 N–H and O–H groups in total. The number of carbonyl (C=O) groups excluding carboxylic acids is 3. The van der Waals surface area contributed by atoms with Crippen LogP contribution in [0.3, 0.4) is 0 Å². The highest BCUT2D eigenvalue weighted by Gasteiger charge is 2.38. The molecule has 0 saturated carbocycles. The second-order valence-electron chi connectivity index (χ2n) is 5.38. The molecule has 0 bridgehead atoms. The summed E-state index contributed by atoms with van der Waals surface area (Å²) in [7, 11) is 1.62. The lowest BCUT2D eigenvalue weighted by Crippen LogP contribution is -2.37. The number of imide groups is 1. The first-order chi connectivity index (χ1) is 10.4. The number of hydrogen-bond acceptors (Lipinski definition) is 5. The Bertz CT molecular complexity index is 583. The number of amides is 4. The van der Waals surface area contributed by atoms with Gasteiger partial charge < -0.3 is 14.7 Å². The number of urea groups is 1. The maximum atomic E-state index is 12.2. The molecule has 4 amide bonds. The van der Waals surface area contributed by atoms with E-state index in [0.717, 1.165) is 10.6 Å². The van der Waals surface area contributed by atoms with Crippen molar-refractivity contribution in [3.63, 3.8) is 0 Å². The number of aryl methyl sites for hydroxylation is 1. The van der Waals surface area contributed by atoms with Gasteiger partial charge in [0.15, 0.2) is 5.76 Å². The maximum Gasteiger partial charge on any atom is 0.324 e. The second-order valence-corrected chi connectivity index (χ2v) is 5.38. The molecule has 0 radical (unpaired) electrons. The van der Waals surface area contributed by atoms with Crippen LogP contribution >= 0.6 is 0 Å². The van der Waals surface area contributed by atoms with E-state index in [9.17, 15) is 14.4 Å². The van der Waals surface area contributed by atoms with Gasteiger partial charge in [0.05, 0.1) is 18.7 Å². The third kappa shape index (κ3) is 3.44. The van der Waals surface area contributed by atoms with Gasteiger partial charge in [-0.15, -0.1) is 0 Å². The fourth-order valence-corrected chi connectivity index (χ4v) is 2.29. The van der Waals surface area contributed by atoms with Crippen LogP contribution < -0.4 is 5.32 Å². The van der Waals surface area contributed by atoms with Gasteiger partial charge in [-0.05, 0) is 13.3 Å². The lowest BCUT2D eigenvalue weighted by molar-refractivity contribution is -0.135. The number of aromatic nitrogens is 1. The molecule has 0 aromatic carbocycles. The molecule has 0 unspecified atom stereocenters. The molecular formula is C14H20N4O4. The third-order valence-electron chi connectivity index (χ3n) is 3.43. The standard InChI is InChI=1S/C14H20N4O4/c1-4-5-18-13(20)11(15-14(18)21)7-12(19)17(3)8-10-6-9(2)16-22-10/h6,11H,4-5,7-8H2,1-3H3,(H,15,21)/t11-/m0/s1. The molecule has 1 aromatic heterocycles. The van der Waals surface area contributed by atoms with Gasteiger partial charge in [-0.25, -0.2) is 4.79 Å². The van der Waals surface area contributed by atoms with E-state index in [1.54, 1.807) is 20.0 Å². The van der Waals surface area contributed by atoms with Gasteiger partial charge in [-0.2, -0.15) is 0 Å². The molecular weight excluding hydrogens is 288 g/mol. The zero-order chi connectivity index (χ0) is 16.3. The Hall–Kier alpha value is -2.38. The SMILES string of the molecule is CCCN1C(=O)N[C@@H](CC(=O)N(C)Cc2cc(C)no2)C1=O. The lowest BCUT2D eigenvalue weighted by atomic mass is 10.2. The van der Waals surface area contributed by atoms with E-state index in [4.69, 9.17) is 4.52 Å². The molecule has 120 valence electrons. The summed E-state index contributed by atoms with van der Waals surface area (Å²) >= 11 is 0. The molecule has 1 aliphatic heterocycles. The molecule has 2 heterocycles. The molecule has 0 spiro atoms. The van der Waals surface area contributed by atoms with Crippen molar-refractivity contribution in [2.24, 2.45) is 0 Å². The summed E-state index contributed by atoms with van der Waals surface area (Å²) in [5, 5.41) is 6.30. The average molecular weight is 308 g/mol. The van der Waals surface area contributed by atoms with Crippen LogP contribution in [0.5, 0.6) is 0 Å². The van der Waals surface area contributed by atoms with Crippen molar-refractivity contribution in [2.45, 2.75) is 39.3 Å². The van der Waals surface area contributed by atoms with Gasteiger partial charge in [0.25, 0.3) is 5.91 Å². The highest BCUT2D eigenvalue weighted by molar-refractivity contribution is 6.05. The minimum Gasteiger partial charge on any atom is -0.359 e. The summed E-state index contributed by atoms with van der Waals surface area (Å²) in [5.74, 6) is -0.0158. The molecule has 1 aliphatic rings. The Morgan fingerprint density at radius 3 is 2.82 bits per heavy atom. The lowest BCUT2D eigenvalue weighted by Gasteiger charge is -2.17. The summed E-state index contributed by atoms with van der Waals surface area (Å²) < 4.78 is 5.05. The molecule has 22 heavy (non-hydrogen) atoms. The number of rotatable bonds is 6. The Labute approximate surface area is 128 Å². The van der Waals surface area contributed by atoms with Gasteiger partial charge in [0, 0.05) is 19.7 Å². The maximum absolute atomic E-state index is 12.2. The highest BCUT2D eigenvalue weighted by atomic mass is 16.5. The van der Waals surface area contributed by atoms with Crippen LogP contribution in [-0.2, 0) is 16.1 Å². The normalized spacial score (nSPS) is 17.8. The molecule has 1 saturated heterocycles. The van der Waals surface area contributed by atoms with Crippen molar-refractivity contribution in [3.8, 4) is 0 Å². The minimum absolute atomic E-state index is 0.0611. The number of nitrogens with zero attached hydrogens (tertiary/aromatic N) is 3. The van der Waals surface area contributed by atoms with Crippen molar-refractivity contribution in [3.05, 3.63) is 17.5 Å². The first kappa shape index (κ1) is 16.0. The molecule has 1 atom stereocenters. The van der Waals surface area contributed by atoms with E-state index in [0.29, 0.717) is 18.7 Å². The zero-order valence-corrected chi connectivity index (χ0v) is 13.0. The van der Waals surface area contributed by atoms with Gasteiger partial charge in [0.2, 0.25) is 5.91 Å². The van der Waals surface area contributed by atoms with Crippen LogP contribution in [0.2, 0.25) is 0 Å². The monoisotopic (exact) mass is 308 g/mol. The Kier molecular flexibility index (Phi) is 4.79. The van der Waals surface area contributed by atoms with Gasteiger partial charge in [-0.3, -0.25) is 14.5 Å². The third-order valence-corrected chi connectivity index (χ3v) is 3.43. The van der Waals surface area contributed by atoms with Crippen molar-refractivity contribution in [2.75, 3.05) is 13.6 Å². The first-order valence-corrected chi connectivity index (χ1v) is 7.20. The van der Waals surface area contributed by atoms with Crippen LogP contribution in [0.25, 0.3) is 0 Å². The Morgan fingerprint density at radius 1 is 1.50 bits per heavy atom. The fourth-order valence-electron chi connectivity index (χ4n) is 2.29. The predicted molar refractivity (Wildman–Crippen MR) is 76.7 cm³/mol. The van der Waals surface area contributed by atoms with E-state index in [1.807, 2.05) is 6.92 Å². The van der Waals surface area contributed by atoms with Crippen molar-refractivity contribution < 1.29 is 18.9 Å². The van der Waals surface area contributed by atoms with Gasteiger partial charge in [0.1, 0.15) is 6.04 Å². The summed E-state index contributed by atoms with van der Waals surface area (Å²) in [6, 6.07) is 0.526. The summed E-state index contributed by atoms with van der Waals surface area (Å²) in [5.41, 5.74) is 0.740. The number of nitrogens with one attached hydrogen (secondary N) is 1. The van der Waals surface area contributed by atoms with E-state index in [1.165, 1.54) is 4.90 Å². The topological polar surface area (TPSA) is 95.8 Å². The zero-order valence-electron chi connectivity index (χ0n) is 13.0.